The van der Waals surface area contributed by atoms with Gasteiger partial charge >= 0.3 is 0 Å². The number of carbonyl (C=O) groups excluding carboxylic acids is 1. The van der Waals surface area contributed by atoms with E-state index in [1.807, 2.05) is 19.1 Å². The van der Waals surface area contributed by atoms with Gasteiger partial charge in [-0.2, -0.15) is 5.10 Å². The van der Waals surface area contributed by atoms with Crippen LogP contribution in [-0.4, -0.2) is 11.0 Å². The molecule has 0 aliphatic carbocycles. The number of hydrogen-bond donors (Lipinski definition) is 1. The molecule has 1 aromatic carbocycles. The summed E-state index contributed by atoms with van der Waals surface area (Å²) in [5.41, 5.74) is 1.57. The minimum atomic E-state index is -0.357. The highest BCUT2D eigenvalue weighted by molar-refractivity contribution is 6.84. The molecule has 0 fully saturated rings. The predicted molar refractivity (Wildman–Crippen MR) is 53.0 cm³/mol. The number of aryl methyl sites for hydroxylation is 1. The Bertz CT molecular complexity index is 343. The summed E-state index contributed by atoms with van der Waals surface area (Å²) < 4.78 is 0. The van der Waals surface area contributed by atoms with Gasteiger partial charge < -0.3 is 5.84 Å². The highest BCUT2D eigenvalue weighted by atomic mass is 35.5. The standard InChI is InChI=1S/C9H9ClN2O/c1-6-2-4-7(5-3-6)8(13)9(10)12-11/h2-5H,11H2,1H3/b12-9+. The van der Waals surface area contributed by atoms with Crippen LogP contribution in [0.2, 0.25) is 0 Å². The van der Waals surface area contributed by atoms with Crippen LogP contribution in [0.1, 0.15) is 15.9 Å². The van der Waals surface area contributed by atoms with Crippen molar-refractivity contribution in [3.63, 3.8) is 0 Å². The molecule has 0 radical (unpaired) electrons. The summed E-state index contributed by atoms with van der Waals surface area (Å²) in [6.45, 7) is 1.94. The van der Waals surface area contributed by atoms with Crippen LogP contribution in [-0.2, 0) is 0 Å². The van der Waals surface area contributed by atoms with E-state index in [1.165, 1.54) is 0 Å². The maximum absolute atomic E-state index is 11.3. The van der Waals surface area contributed by atoms with E-state index in [1.54, 1.807) is 12.1 Å². The van der Waals surface area contributed by atoms with E-state index in [0.29, 0.717) is 5.56 Å². The highest BCUT2D eigenvalue weighted by Gasteiger charge is 2.10. The fourth-order valence-corrected chi connectivity index (χ4v) is 0.992. The predicted octanol–water partition coefficient (Wildman–Crippen LogP) is 1.69. The number of hydrogen-bond acceptors (Lipinski definition) is 3. The van der Waals surface area contributed by atoms with E-state index in [0.717, 1.165) is 5.56 Å². The number of benzene rings is 1. The van der Waals surface area contributed by atoms with E-state index in [-0.39, 0.29) is 11.0 Å². The summed E-state index contributed by atoms with van der Waals surface area (Å²) in [5, 5.41) is 2.91. The van der Waals surface area contributed by atoms with Crippen molar-refractivity contribution in [1.29, 1.82) is 0 Å². The van der Waals surface area contributed by atoms with Gasteiger partial charge in [-0.3, -0.25) is 4.79 Å². The molecule has 0 saturated carbocycles. The molecule has 0 spiro atoms. The minimum Gasteiger partial charge on any atom is -0.322 e. The average Bonchev–Trinajstić information content (AvgIpc) is 2.17. The third kappa shape index (κ3) is 2.29. The number of carbonyl (C=O) groups is 1. The van der Waals surface area contributed by atoms with Crippen molar-refractivity contribution in [2.24, 2.45) is 10.9 Å². The third-order valence-corrected chi connectivity index (χ3v) is 1.88. The van der Waals surface area contributed by atoms with Crippen molar-refractivity contribution in [2.75, 3.05) is 0 Å². The number of nitrogens with zero attached hydrogens (tertiary/aromatic N) is 1. The van der Waals surface area contributed by atoms with Crippen LogP contribution in [0.5, 0.6) is 0 Å². The van der Waals surface area contributed by atoms with Crippen LogP contribution < -0.4 is 5.84 Å². The first-order valence-electron chi connectivity index (χ1n) is 3.70. The summed E-state index contributed by atoms with van der Waals surface area (Å²) >= 11 is 5.47. The Morgan fingerprint density at radius 1 is 1.38 bits per heavy atom. The molecule has 3 nitrogen and oxygen atoms in total. The van der Waals surface area contributed by atoms with Gasteiger partial charge in [-0.1, -0.05) is 41.4 Å². The zero-order valence-electron chi connectivity index (χ0n) is 7.12. The van der Waals surface area contributed by atoms with Gasteiger partial charge in [0.05, 0.1) is 0 Å². The summed E-state index contributed by atoms with van der Waals surface area (Å²) in [4.78, 5) is 11.3. The van der Waals surface area contributed by atoms with Crippen molar-refractivity contribution >= 4 is 22.6 Å². The quantitative estimate of drug-likeness (QED) is 0.339. The van der Waals surface area contributed by atoms with Crippen LogP contribution in [0.3, 0.4) is 0 Å². The minimum absolute atomic E-state index is 0.205. The molecular formula is C9H9ClN2O. The second-order valence-electron chi connectivity index (χ2n) is 2.62. The zero-order chi connectivity index (χ0) is 9.84. The van der Waals surface area contributed by atoms with Crippen LogP contribution in [0.4, 0.5) is 0 Å². The number of Topliss-reactive ketones (excluding diaryl/α,β-unsaturated/α-hetero) is 1. The highest BCUT2D eigenvalue weighted by Crippen LogP contribution is 2.06. The molecule has 0 saturated heterocycles. The fourth-order valence-electron chi connectivity index (χ4n) is 0.883. The topological polar surface area (TPSA) is 55.5 Å². The van der Waals surface area contributed by atoms with Gasteiger partial charge in [-0.25, -0.2) is 0 Å². The van der Waals surface area contributed by atoms with Crippen molar-refractivity contribution in [3.05, 3.63) is 35.4 Å². The van der Waals surface area contributed by atoms with Gasteiger partial charge in [-0.05, 0) is 6.92 Å². The molecule has 68 valence electrons. The second kappa shape index (κ2) is 4.05. The number of hydrazone groups is 1. The SMILES string of the molecule is Cc1ccc(C(=O)/C(Cl)=N\N)cc1. The maximum Gasteiger partial charge on any atom is 0.224 e. The average molecular weight is 197 g/mol. The number of halogens is 1. The Kier molecular flexibility index (Phi) is 3.03. The van der Waals surface area contributed by atoms with Crippen LogP contribution in [0.25, 0.3) is 0 Å². The van der Waals surface area contributed by atoms with E-state index < -0.39 is 0 Å². The molecule has 0 heterocycles. The smallest absolute Gasteiger partial charge is 0.224 e. The molecule has 0 aromatic heterocycles. The monoisotopic (exact) mass is 196 g/mol. The van der Waals surface area contributed by atoms with Gasteiger partial charge in [-0.15, -0.1) is 0 Å². The van der Waals surface area contributed by atoms with Crippen molar-refractivity contribution < 1.29 is 4.79 Å². The molecule has 1 aromatic rings. The maximum atomic E-state index is 11.3. The lowest BCUT2D eigenvalue weighted by Crippen LogP contribution is -2.09. The Labute approximate surface area is 81.2 Å². The first-order chi connectivity index (χ1) is 6.15. The first kappa shape index (κ1) is 9.74. The lowest BCUT2D eigenvalue weighted by atomic mass is 10.1. The van der Waals surface area contributed by atoms with Gasteiger partial charge in [0, 0.05) is 5.56 Å². The number of rotatable bonds is 2. The molecule has 0 bridgehead atoms. The molecule has 0 aliphatic heterocycles. The zero-order valence-corrected chi connectivity index (χ0v) is 7.88. The lowest BCUT2D eigenvalue weighted by molar-refractivity contribution is 0.106. The van der Waals surface area contributed by atoms with Gasteiger partial charge in [0.2, 0.25) is 5.78 Å². The molecule has 0 aliphatic rings. The van der Waals surface area contributed by atoms with Crippen molar-refractivity contribution in [3.8, 4) is 0 Å². The van der Waals surface area contributed by atoms with Gasteiger partial charge in [0.1, 0.15) is 0 Å². The number of ketones is 1. The molecule has 0 amide bonds. The summed E-state index contributed by atoms with van der Waals surface area (Å²) in [7, 11) is 0. The Balaban J connectivity index is 2.97. The summed E-state index contributed by atoms with van der Waals surface area (Å²) in [5.74, 6) is 4.52. The van der Waals surface area contributed by atoms with Crippen molar-refractivity contribution in [2.45, 2.75) is 6.92 Å². The second-order valence-corrected chi connectivity index (χ2v) is 2.97. The molecule has 0 atom stereocenters. The summed E-state index contributed by atoms with van der Waals surface area (Å²) in [6.07, 6.45) is 0. The van der Waals surface area contributed by atoms with Crippen LogP contribution >= 0.6 is 11.6 Å². The number of nitrogens with two attached hydrogens (primary N) is 1. The molecule has 2 N–H and O–H groups in total. The Morgan fingerprint density at radius 3 is 2.38 bits per heavy atom. The summed E-state index contributed by atoms with van der Waals surface area (Å²) in [6, 6.07) is 7.03. The largest absolute Gasteiger partial charge is 0.322 e. The normalized spacial score (nSPS) is 11.4. The fraction of sp³-hybridized carbons (Fsp3) is 0.111. The van der Waals surface area contributed by atoms with E-state index >= 15 is 0 Å². The molecule has 0 unspecified atom stereocenters. The first-order valence-corrected chi connectivity index (χ1v) is 4.07. The van der Waals surface area contributed by atoms with Crippen LogP contribution in [0, 0.1) is 6.92 Å². The van der Waals surface area contributed by atoms with Crippen molar-refractivity contribution in [1.82, 2.24) is 0 Å². The molecule has 4 heteroatoms. The van der Waals surface area contributed by atoms with Gasteiger partial charge in [0.15, 0.2) is 5.17 Å². The van der Waals surface area contributed by atoms with Crippen LogP contribution in [0.15, 0.2) is 29.4 Å². The Morgan fingerprint density at radius 2 is 1.92 bits per heavy atom. The molecule has 1 rings (SSSR count). The Hall–Kier alpha value is -1.35. The van der Waals surface area contributed by atoms with Gasteiger partial charge in [0.25, 0.3) is 0 Å². The van der Waals surface area contributed by atoms with E-state index in [2.05, 4.69) is 5.10 Å². The third-order valence-electron chi connectivity index (χ3n) is 1.61. The molecule has 13 heavy (non-hydrogen) atoms. The van der Waals surface area contributed by atoms with E-state index in [4.69, 9.17) is 17.4 Å². The lowest BCUT2D eigenvalue weighted by Gasteiger charge is -1.97. The molecular weight excluding hydrogens is 188 g/mol. The van der Waals surface area contributed by atoms with E-state index in [9.17, 15) is 4.79 Å².